The lowest BCUT2D eigenvalue weighted by molar-refractivity contribution is -0.148. The van der Waals surface area contributed by atoms with Crippen LogP contribution in [0, 0.1) is 5.92 Å². The first-order chi connectivity index (χ1) is 8.79. The fourth-order valence-electron chi connectivity index (χ4n) is 2.99. The molecule has 1 aliphatic carbocycles. The number of benzene rings is 1. The zero-order chi connectivity index (χ0) is 12.5. The summed E-state index contributed by atoms with van der Waals surface area (Å²) in [6.07, 6.45) is 2.65. The third-order valence-corrected chi connectivity index (χ3v) is 3.87. The first-order valence-corrected chi connectivity index (χ1v) is 6.62. The number of esters is 1. The number of fused-ring (bicyclic) bond motifs is 3. The average molecular weight is 243 g/mol. The van der Waals surface area contributed by atoms with E-state index in [1.807, 2.05) is 19.1 Å². The van der Waals surface area contributed by atoms with Crippen LogP contribution in [0.3, 0.4) is 0 Å². The van der Waals surface area contributed by atoms with Crippen LogP contribution in [0.4, 0.5) is 5.69 Å². The molecule has 2 atom stereocenters. The van der Waals surface area contributed by atoms with Gasteiger partial charge >= 0.3 is 5.97 Å². The molecule has 1 saturated carbocycles. The van der Waals surface area contributed by atoms with E-state index in [1.165, 1.54) is 11.3 Å². The van der Waals surface area contributed by atoms with Crippen LogP contribution in [0.1, 0.15) is 37.7 Å². The Morgan fingerprint density at radius 3 is 3.11 bits per heavy atom. The summed E-state index contributed by atoms with van der Waals surface area (Å²) in [4.78, 5) is 16.5. The van der Waals surface area contributed by atoms with E-state index in [0.29, 0.717) is 12.5 Å². The maximum absolute atomic E-state index is 11.8. The van der Waals surface area contributed by atoms with Gasteiger partial charge in [0.2, 0.25) is 0 Å². The molecule has 1 aromatic carbocycles. The Bertz CT molecular complexity index is 507. The highest BCUT2D eigenvalue weighted by Crippen LogP contribution is 2.44. The molecule has 0 spiro atoms. The number of hydrogen-bond donors (Lipinski definition) is 0. The van der Waals surface area contributed by atoms with Crippen molar-refractivity contribution >= 4 is 17.4 Å². The number of aliphatic imine (C=N–C) groups is 1. The molecule has 1 heterocycles. The molecule has 94 valence electrons. The fourth-order valence-corrected chi connectivity index (χ4v) is 2.99. The highest BCUT2D eigenvalue weighted by molar-refractivity contribution is 5.99. The normalized spacial score (nSPS) is 25.1. The quantitative estimate of drug-likeness (QED) is 0.748. The van der Waals surface area contributed by atoms with E-state index in [0.717, 1.165) is 24.9 Å². The van der Waals surface area contributed by atoms with Gasteiger partial charge in [0.25, 0.3) is 0 Å². The van der Waals surface area contributed by atoms with E-state index in [4.69, 9.17) is 4.74 Å². The topological polar surface area (TPSA) is 38.7 Å². The summed E-state index contributed by atoms with van der Waals surface area (Å²) in [6.45, 7) is 2.33. The summed E-state index contributed by atoms with van der Waals surface area (Å²) in [5, 5.41) is 0. The van der Waals surface area contributed by atoms with Crippen molar-refractivity contribution in [3.8, 4) is 0 Å². The van der Waals surface area contributed by atoms with Crippen molar-refractivity contribution in [1.82, 2.24) is 0 Å². The molecule has 0 saturated heterocycles. The molecule has 0 bridgehead atoms. The highest BCUT2D eigenvalue weighted by atomic mass is 16.5. The summed E-state index contributed by atoms with van der Waals surface area (Å²) in [5.41, 5.74) is 3.61. The Morgan fingerprint density at radius 2 is 2.28 bits per heavy atom. The predicted molar refractivity (Wildman–Crippen MR) is 70.3 cm³/mol. The predicted octanol–water partition coefficient (Wildman–Crippen LogP) is 3.22. The number of hydrogen-bond acceptors (Lipinski definition) is 3. The van der Waals surface area contributed by atoms with E-state index in [9.17, 15) is 4.79 Å². The summed E-state index contributed by atoms with van der Waals surface area (Å²) < 4.78 is 5.14. The minimum Gasteiger partial charge on any atom is -0.466 e. The Kier molecular flexibility index (Phi) is 2.90. The molecule has 3 heteroatoms. The van der Waals surface area contributed by atoms with Gasteiger partial charge in [-0.2, -0.15) is 0 Å². The third-order valence-electron chi connectivity index (χ3n) is 3.87. The molecule has 0 N–H and O–H groups in total. The van der Waals surface area contributed by atoms with Crippen LogP contribution in [-0.4, -0.2) is 18.3 Å². The SMILES string of the molecule is CCOC(=O)C1CCC2=Nc3ccccc3C2C1. The molecule has 1 aromatic rings. The number of ether oxygens (including phenoxy) is 1. The molecular formula is C15H17NO2. The Morgan fingerprint density at radius 1 is 1.44 bits per heavy atom. The van der Waals surface area contributed by atoms with Crippen LogP contribution in [0.2, 0.25) is 0 Å². The first kappa shape index (κ1) is 11.5. The van der Waals surface area contributed by atoms with Gasteiger partial charge in [-0.1, -0.05) is 18.2 Å². The van der Waals surface area contributed by atoms with Crippen molar-refractivity contribution < 1.29 is 9.53 Å². The number of rotatable bonds is 2. The van der Waals surface area contributed by atoms with Crippen LogP contribution >= 0.6 is 0 Å². The van der Waals surface area contributed by atoms with E-state index in [1.54, 1.807) is 0 Å². The zero-order valence-electron chi connectivity index (χ0n) is 10.6. The lowest BCUT2D eigenvalue weighted by Gasteiger charge is -2.26. The molecule has 1 fully saturated rings. The van der Waals surface area contributed by atoms with Crippen LogP contribution in [0.5, 0.6) is 0 Å². The van der Waals surface area contributed by atoms with E-state index in [2.05, 4.69) is 17.1 Å². The highest BCUT2D eigenvalue weighted by Gasteiger charge is 2.36. The molecule has 1 aliphatic heterocycles. The number of carbonyl (C=O) groups is 1. The lowest BCUT2D eigenvalue weighted by atomic mass is 9.78. The van der Waals surface area contributed by atoms with Crippen molar-refractivity contribution in [3.63, 3.8) is 0 Å². The van der Waals surface area contributed by atoms with Crippen LogP contribution in [0.15, 0.2) is 29.3 Å². The third kappa shape index (κ3) is 1.84. The van der Waals surface area contributed by atoms with Crippen molar-refractivity contribution in [3.05, 3.63) is 29.8 Å². The Labute approximate surface area is 107 Å². The van der Waals surface area contributed by atoms with Gasteiger partial charge in [0.05, 0.1) is 18.2 Å². The van der Waals surface area contributed by atoms with Crippen molar-refractivity contribution in [2.75, 3.05) is 6.61 Å². The number of nitrogens with zero attached hydrogens (tertiary/aromatic N) is 1. The largest absolute Gasteiger partial charge is 0.466 e. The molecule has 0 radical (unpaired) electrons. The average Bonchev–Trinajstić information content (AvgIpc) is 2.76. The molecule has 3 nitrogen and oxygen atoms in total. The van der Waals surface area contributed by atoms with Gasteiger partial charge in [-0.15, -0.1) is 0 Å². The molecule has 0 amide bonds. The van der Waals surface area contributed by atoms with Gasteiger partial charge in [-0.3, -0.25) is 9.79 Å². The van der Waals surface area contributed by atoms with E-state index < -0.39 is 0 Å². The van der Waals surface area contributed by atoms with Gasteiger partial charge < -0.3 is 4.74 Å². The summed E-state index contributed by atoms with van der Waals surface area (Å²) in [6, 6.07) is 8.25. The standard InChI is InChI=1S/C15H17NO2/c1-2-18-15(17)10-7-8-14-12(9-10)11-5-3-4-6-13(11)16-14/h3-6,10,12H,2,7-9H2,1H3. The second-order valence-corrected chi connectivity index (χ2v) is 4.94. The smallest absolute Gasteiger partial charge is 0.308 e. The van der Waals surface area contributed by atoms with Gasteiger partial charge in [0.1, 0.15) is 0 Å². The Hall–Kier alpha value is -1.64. The Balaban J connectivity index is 1.81. The number of carbonyl (C=O) groups excluding carboxylic acids is 1. The summed E-state index contributed by atoms with van der Waals surface area (Å²) in [7, 11) is 0. The first-order valence-electron chi connectivity index (χ1n) is 6.62. The van der Waals surface area contributed by atoms with E-state index in [-0.39, 0.29) is 11.9 Å². The maximum Gasteiger partial charge on any atom is 0.308 e. The van der Waals surface area contributed by atoms with Crippen LogP contribution in [-0.2, 0) is 9.53 Å². The van der Waals surface area contributed by atoms with Crippen molar-refractivity contribution in [2.24, 2.45) is 10.9 Å². The summed E-state index contributed by atoms with van der Waals surface area (Å²) in [5.74, 6) is 0.338. The van der Waals surface area contributed by atoms with Gasteiger partial charge in [0.15, 0.2) is 0 Å². The second-order valence-electron chi connectivity index (χ2n) is 4.94. The minimum absolute atomic E-state index is 0.0408. The lowest BCUT2D eigenvalue weighted by Crippen LogP contribution is -2.27. The van der Waals surface area contributed by atoms with Crippen molar-refractivity contribution in [1.29, 1.82) is 0 Å². The molecule has 18 heavy (non-hydrogen) atoms. The maximum atomic E-state index is 11.8. The van der Waals surface area contributed by atoms with Gasteiger partial charge in [0, 0.05) is 11.6 Å². The monoisotopic (exact) mass is 243 g/mol. The molecule has 2 unspecified atom stereocenters. The second kappa shape index (κ2) is 4.56. The van der Waals surface area contributed by atoms with Gasteiger partial charge in [-0.05, 0) is 37.8 Å². The molecule has 3 rings (SSSR count). The van der Waals surface area contributed by atoms with Crippen molar-refractivity contribution in [2.45, 2.75) is 32.1 Å². The van der Waals surface area contributed by atoms with Crippen LogP contribution < -0.4 is 0 Å². The summed E-state index contributed by atoms with van der Waals surface area (Å²) >= 11 is 0. The van der Waals surface area contributed by atoms with Gasteiger partial charge in [-0.25, -0.2) is 0 Å². The fraction of sp³-hybridized carbons (Fsp3) is 0.467. The van der Waals surface area contributed by atoms with E-state index >= 15 is 0 Å². The minimum atomic E-state index is -0.0408. The molecule has 2 aliphatic rings. The van der Waals surface area contributed by atoms with Crippen LogP contribution in [0.25, 0.3) is 0 Å². The zero-order valence-corrected chi connectivity index (χ0v) is 10.6. The molecular weight excluding hydrogens is 226 g/mol. The molecule has 0 aromatic heterocycles. The number of para-hydroxylation sites is 1.